The number of nitrogens with zero attached hydrogens (tertiary/aromatic N) is 1. The van der Waals surface area contributed by atoms with E-state index in [0.29, 0.717) is 30.1 Å². The molecule has 1 aromatic carbocycles. The zero-order valence-corrected chi connectivity index (χ0v) is 15.4. The molecule has 1 aliphatic carbocycles. The number of rotatable bonds is 4. The molecule has 2 aliphatic rings. The van der Waals surface area contributed by atoms with Crippen LogP contribution < -0.4 is 20.7 Å². The summed E-state index contributed by atoms with van der Waals surface area (Å²) in [5.41, 5.74) is 7.25. The number of carbonyl (C=O) groups excluding carboxylic acids is 2. The number of anilines is 2. The monoisotopic (exact) mass is 367 g/mol. The van der Waals surface area contributed by atoms with Crippen LogP contribution >= 0.6 is 12.4 Å². The molecule has 0 radical (unpaired) electrons. The molecule has 0 bridgehead atoms. The SMILES string of the molecule is CN1C(=O)COc2ccc(NC(=O)CC3(CN)CCCCC3)cc21.Cl. The Bertz CT molecular complexity index is 644. The number of hydrogen-bond acceptors (Lipinski definition) is 4. The van der Waals surface area contributed by atoms with Crippen LogP contribution in [0.25, 0.3) is 0 Å². The molecule has 7 heteroatoms. The van der Waals surface area contributed by atoms with Crippen LogP contribution in [0.5, 0.6) is 5.75 Å². The number of nitrogens with one attached hydrogen (secondary N) is 1. The van der Waals surface area contributed by atoms with Gasteiger partial charge in [0.25, 0.3) is 5.91 Å². The van der Waals surface area contributed by atoms with Crippen LogP contribution in [0.15, 0.2) is 18.2 Å². The lowest BCUT2D eigenvalue weighted by Crippen LogP contribution is -2.37. The molecular formula is C18H26ClN3O3. The summed E-state index contributed by atoms with van der Waals surface area (Å²) < 4.78 is 5.40. The van der Waals surface area contributed by atoms with Crippen molar-refractivity contribution in [3.05, 3.63) is 18.2 Å². The second-order valence-corrected chi connectivity index (χ2v) is 6.91. The maximum absolute atomic E-state index is 12.5. The van der Waals surface area contributed by atoms with Crippen LogP contribution in [0.3, 0.4) is 0 Å². The normalized spacial score (nSPS) is 18.6. The smallest absolute Gasteiger partial charge is 0.264 e. The maximum Gasteiger partial charge on any atom is 0.264 e. The van der Waals surface area contributed by atoms with Crippen molar-refractivity contribution in [2.24, 2.45) is 11.1 Å². The summed E-state index contributed by atoms with van der Waals surface area (Å²) in [5.74, 6) is 0.532. The Morgan fingerprint density at radius 3 is 2.72 bits per heavy atom. The third kappa shape index (κ3) is 4.25. The average Bonchev–Trinajstić information content (AvgIpc) is 2.59. The lowest BCUT2D eigenvalue weighted by atomic mass is 9.71. The van der Waals surface area contributed by atoms with Gasteiger partial charge in [-0.05, 0) is 43.0 Å². The maximum atomic E-state index is 12.5. The molecule has 6 nitrogen and oxygen atoms in total. The molecule has 1 fully saturated rings. The zero-order valence-electron chi connectivity index (χ0n) is 14.5. The highest BCUT2D eigenvalue weighted by Gasteiger charge is 2.33. The van der Waals surface area contributed by atoms with Crippen LogP contribution in [0.2, 0.25) is 0 Å². The minimum Gasteiger partial charge on any atom is -0.482 e. The predicted octanol–water partition coefficient (Wildman–Crippen LogP) is 2.70. The van der Waals surface area contributed by atoms with E-state index >= 15 is 0 Å². The number of likely N-dealkylation sites (N-methyl/N-ethyl adjacent to an activating group) is 1. The van der Waals surface area contributed by atoms with E-state index in [1.54, 1.807) is 30.1 Å². The van der Waals surface area contributed by atoms with Crippen molar-refractivity contribution in [1.29, 1.82) is 0 Å². The van der Waals surface area contributed by atoms with Crippen LogP contribution in [0, 0.1) is 5.41 Å². The summed E-state index contributed by atoms with van der Waals surface area (Å²) in [5, 5.41) is 2.95. The Balaban J connectivity index is 0.00000225. The second kappa shape index (κ2) is 8.06. The van der Waals surface area contributed by atoms with Gasteiger partial charge in [0.15, 0.2) is 6.61 Å². The van der Waals surface area contributed by atoms with Gasteiger partial charge in [-0.2, -0.15) is 0 Å². The van der Waals surface area contributed by atoms with E-state index in [4.69, 9.17) is 10.5 Å². The molecule has 3 rings (SSSR count). The standard InChI is InChI=1S/C18H25N3O3.ClH/c1-21-14-9-13(5-6-15(14)24-11-17(21)23)20-16(22)10-18(12-19)7-3-2-4-8-18;/h5-6,9H,2-4,7-8,10-12,19H2,1H3,(H,20,22);1H. The quantitative estimate of drug-likeness (QED) is 0.856. The molecule has 25 heavy (non-hydrogen) atoms. The van der Waals surface area contributed by atoms with E-state index in [1.165, 1.54) is 6.42 Å². The van der Waals surface area contributed by atoms with Crippen molar-refractivity contribution in [3.63, 3.8) is 0 Å². The van der Waals surface area contributed by atoms with E-state index in [9.17, 15) is 9.59 Å². The molecule has 138 valence electrons. The van der Waals surface area contributed by atoms with Gasteiger partial charge in [0.1, 0.15) is 5.75 Å². The number of ether oxygens (including phenoxy) is 1. The first-order chi connectivity index (χ1) is 11.5. The van der Waals surface area contributed by atoms with Gasteiger partial charge >= 0.3 is 0 Å². The second-order valence-electron chi connectivity index (χ2n) is 6.91. The van der Waals surface area contributed by atoms with Gasteiger partial charge in [-0.1, -0.05) is 19.3 Å². The van der Waals surface area contributed by atoms with Crippen molar-refractivity contribution in [2.45, 2.75) is 38.5 Å². The molecule has 0 saturated heterocycles. The third-order valence-corrected chi connectivity index (χ3v) is 5.21. The summed E-state index contributed by atoms with van der Waals surface area (Å²) in [6.07, 6.45) is 6.01. The van der Waals surface area contributed by atoms with Crippen molar-refractivity contribution in [3.8, 4) is 5.75 Å². The van der Waals surface area contributed by atoms with Gasteiger partial charge < -0.3 is 20.7 Å². The summed E-state index contributed by atoms with van der Waals surface area (Å²) in [4.78, 5) is 25.8. The summed E-state index contributed by atoms with van der Waals surface area (Å²) >= 11 is 0. The first-order valence-electron chi connectivity index (χ1n) is 8.56. The highest BCUT2D eigenvalue weighted by Crippen LogP contribution is 2.39. The van der Waals surface area contributed by atoms with Crippen molar-refractivity contribution >= 4 is 35.6 Å². The predicted molar refractivity (Wildman–Crippen MR) is 100 cm³/mol. The van der Waals surface area contributed by atoms with E-state index < -0.39 is 0 Å². The lowest BCUT2D eigenvalue weighted by Gasteiger charge is -2.35. The molecule has 1 aliphatic heterocycles. The van der Waals surface area contributed by atoms with Crippen molar-refractivity contribution in [2.75, 3.05) is 30.4 Å². The van der Waals surface area contributed by atoms with Crippen molar-refractivity contribution < 1.29 is 14.3 Å². The molecule has 1 saturated carbocycles. The van der Waals surface area contributed by atoms with E-state index in [1.807, 2.05) is 0 Å². The highest BCUT2D eigenvalue weighted by molar-refractivity contribution is 5.99. The third-order valence-electron chi connectivity index (χ3n) is 5.21. The fourth-order valence-corrected chi connectivity index (χ4v) is 3.65. The summed E-state index contributed by atoms with van der Waals surface area (Å²) in [6.45, 7) is 0.601. The average molecular weight is 368 g/mol. The van der Waals surface area contributed by atoms with Crippen LogP contribution in [-0.4, -0.2) is 32.0 Å². The molecule has 0 unspecified atom stereocenters. The lowest BCUT2D eigenvalue weighted by molar-refractivity contribution is -0.121. The molecule has 0 aromatic heterocycles. The van der Waals surface area contributed by atoms with Gasteiger partial charge in [0.2, 0.25) is 5.91 Å². The first-order valence-corrected chi connectivity index (χ1v) is 8.56. The molecular weight excluding hydrogens is 342 g/mol. The summed E-state index contributed by atoms with van der Waals surface area (Å²) in [6, 6.07) is 5.36. The minimum absolute atomic E-state index is 0. The zero-order chi connectivity index (χ0) is 17.2. The van der Waals surface area contributed by atoms with Gasteiger partial charge in [-0.15, -0.1) is 12.4 Å². The fourth-order valence-electron chi connectivity index (χ4n) is 3.65. The Morgan fingerprint density at radius 2 is 2.04 bits per heavy atom. The Hall–Kier alpha value is -1.79. The molecule has 1 aromatic rings. The molecule has 0 atom stereocenters. The number of hydrogen-bond donors (Lipinski definition) is 2. The number of benzene rings is 1. The molecule has 1 heterocycles. The van der Waals surface area contributed by atoms with Gasteiger partial charge in [0, 0.05) is 19.2 Å². The minimum atomic E-state index is -0.102. The Morgan fingerprint density at radius 1 is 1.32 bits per heavy atom. The Labute approximate surface area is 154 Å². The highest BCUT2D eigenvalue weighted by atomic mass is 35.5. The number of fused-ring (bicyclic) bond motifs is 1. The van der Waals surface area contributed by atoms with Gasteiger partial charge in [-0.25, -0.2) is 0 Å². The topological polar surface area (TPSA) is 84.7 Å². The fraction of sp³-hybridized carbons (Fsp3) is 0.556. The molecule has 2 amide bonds. The van der Waals surface area contributed by atoms with Gasteiger partial charge in [0.05, 0.1) is 5.69 Å². The molecule has 0 spiro atoms. The Kier molecular flexibility index (Phi) is 6.30. The van der Waals surface area contributed by atoms with Crippen molar-refractivity contribution in [1.82, 2.24) is 0 Å². The van der Waals surface area contributed by atoms with Crippen LogP contribution in [-0.2, 0) is 9.59 Å². The first kappa shape index (κ1) is 19.5. The van der Waals surface area contributed by atoms with Crippen LogP contribution in [0.4, 0.5) is 11.4 Å². The van der Waals surface area contributed by atoms with Gasteiger partial charge in [-0.3, -0.25) is 9.59 Å². The van der Waals surface area contributed by atoms with Crippen LogP contribution in [0.1, 0.15) is 38.5 Å². The number of nitrogens with two attached hydrogens (primary N) is 1. The number of amides is 2. The number of carbonyl (C=O) groups is 2. The van der Waals surface area contributed by atoms with E-state index in [0.717, 1.165) is 25.7 Å². The largest absolute Gasteiger partial charge is 0.482 e. The van der Waals surface area contributed by atoms with E-state index in [-0.39, 0.29) is 36.2 Å². The molecule has 3 N–H and O–H groups in total. The summed E-state index contributed by atoms with van der Waals surface area (Å²) in [7, 11) is 1.71. The van der Waals surface area contributed by atoms with E-state index in [2.05, 4.69) is 5.32 Å². The number of halogens is 1.